The second-order valence-corrected chi connectivity index (χ2v) is 5.57. The molecule has 94 valence electrons. The van der Waals surface area contributed by atoms with E-state index in [-0.39, 0.29) is 0 Å². The molecule has 0 aliphatic heterocycles. The van der Waals surface area contributed by atoms with E-state index in [0.29, 0.717) is 11.8 Å². The standard InChI is InChI=1S/C15H23NO/c1-10-5-4-6-13(7-10)16-14-8-12(3)15(17)9-11(14)2/h8-10,13,16-17H,4-7H2,1-3H3. The largest absolute Gasteiger partial charge is 0.508 e. The fourth-order valence-electron chi connectivity index (χ4n) is 2.74. The van der Waals surface area contributed by atoms with E-state index in [0.717, 1.165) is 17.0 Å². The monoisotopic (exact) mass is 233 g/mol. The highest BCUT2D eigenvalue weighted by Crippen LogP contribution is 2.30. The topological polar surface area (TPSA) is 32.3 Å². The second kappa shape index (κ2) is 4.99. The zero-order valence-corrected chi connectivity index (χ0v) is 11.1. The van der Waals surface area contributed by atoms with Gasteiger partial charge in [0.25, 0.3) is 0 Å². The van der Waals surface area contributed by atoms with Crippen LogP contribution in [0, 0.1) is 19.8 Å². The van der Waals surface area contributed by atoms with Crippen molar-refractivity contribution in [3.8, 4) is 5.75 Å². The molecule has 0 radical (unpaired) electrons. The number of benzene rings is 1. The number of hydrogen-bond donors (Lipinski definition) is 2. The van der Waals surface area contributed by atoms with Crippen molar-refractivity contribution >= 4 is 5.69 Å². The summed E-state index contributed by atoms with van der Waals surface area (Å²) in [6.45, 7) is 6.33. The Morgan fingerprint density at radius 2 is 1.94 bits per heavy atom. The van der Waals surface area contributed by atoms with Crippen LogP contribution in [0.5, 0.6) is 5.75 Å². The van der Waals surface area contributed by atoms with Crippen molar-refractivity contribution in [2.24, 2.45) is 5.92 Å². The summed E-state index contributed by atoms with van der Waals surface area (Å²) in [6, 6.07) is 4.51. The number of phenolic OH excluding ortho intramolecular Hbond substituents is 1. The van der Waals surface area contributed by atoms with Gasteiger partial charge < -0.3 is 10.4 Å². The minimum absolute atomic E-state index is 0.394. The molecule has 2 unspecified atom stereocenters. The number of nitrogens with one attached hydrogen (secondary N) is 1. The van der Waals surface area contributed by atoms with Gasteiger partial charge in [0, 0.05) is 11.7 Å². The van der Waals surface area contributed by atoms with Gasteiger partial charge in [-0.25, -0.2) is 0 Å². The van der Waals surface area contributed by atoms with E-state index < -0.39 is 0 Å². The molecule has 2 nitrogen and oxygen atoms in total. The zero-order chi connectivity index (χ0) is 12.4. The lowest BCUT2D eigenvalue weighted by molar-refractivity contribution is 0.358. The van der Waals surface area contributed by atoms with Gasteiger partial charge in [-0.05, 0) is 55.9 Å². The molecule has 17 heavy (non-hydrogen) atoms. The van der Waals surface area contributed by atoms with E-state index in [1.807, 2.05) is 19.9 Å². The molecule has 1 aromatic rings. The van der Waals surface area contributed by atoms with Crippen LogP contribution in [0.4, 0.5) is 5.69 Å². The first-order valence-corrected chi connectivity index (χ1v) is 6.63. The van der Waals surface area contributed by atoms with Gasteiger partial charge in [0.2, 0.25) is 0 Å². The van der Waals surface area contributed by atoms with Gasteiger partial charge in [-0.15, -0.1) is 0 Å². The van der Waals surface area contributed by atoms with E-state index in [2.05, 4.69) is 18.3 Å². The van der Waals surface area contributed by atoms with Gasteiger partial charge in [0.1, 0.15) is 5.75 Å². The third-order valence-corrected chi connectivity index (χ3v) is 3.84. The van der Waals surface area contributed by atoms with E-state index >= 15 is 0 Å². The Bertz CT molecular complexity index is 400. The van der Waals surface area contributed by atoms with Crippen LogP contribution < -0.4 is 5.32 Å². The Morgan fingerprint density at radius 1 is 1.18 bits per heavy atom. The number of aryl methyl sites for hydroxylation is 2. The quantitative estimate of drug-likeness (QED) is 0.757. The first-order valence-electron chi connectivity index (χ1n) is 6.63. The fraction of sp³-hybridized carbons (Fsp3) is 0.600. The van der Waals surface area contributed by atoms with Crippen LogP contribution in [0.15, 0.2) is 12.1 Å². The summed E-state index contributed by atoms with van der Waals surface area (Å²) in [5, 5.41) is 13.3. The summed E-state index contributed by atoms with van der Waals surface area (Å²) in [5.41, 5.74) is 3.26. The van der Waals surface area contributed by atoms with Crippen molar-refractivity contribution in [1.29, 1.82) is 0 Å². The van der Waals surface area contributed by atoms with Crippen LogP contribution in [-0.4, -0.2) is 11.1 Å². The average molecular weight is 233 g/mol. The normalized spacial score (nSPS) is 24.6. The third kappa shape index (κ3) is 2.93. The zero-order valence-electron chi connectivity index (χ0n) is 11.1. The minimum Gasteiger partial charge on any atom is -0.508 e. The van der Waals surface area contributed by atoms with Crippen molar-refractivity contribution in [1.82, 2.24) is 0 Å². The lowest BCUT2D eigenvalue weighted by Crippen LogP contribution is -2.26. The lowest BCUT2D eigenvalue weighted by Gasteiger charge is -2.29. The summed E-state index contributed by atoms with van der Waals surface area (Å²) in [4.78, 5) is 0. The molecule has 2 rings (SSSR count). The van der Waals surface area contributed by atoms with Crippen LogP contribution in [0.3, 0.4) is 0 Å². The molecule has 0 saturated heterocycles. The molecule has 1 aliphatic rings. The van der Waals surface area contributed by atoms with Crippen molar-refractivity contribution in [3.05, 3.63) is 23.3 Å². The highest BCUT2D eigenvalue weighted by molar-refractivity contribution is 5.57. The highest BCUT2D eigenvalue weighted by Gasteiger charge is 2.19. The number of anilines is 1. The fourth-order valence-corrected chi connectivity index (χ4v) is 2.74. The van der Waals surface area contributed by atoms with E-state index in [4.69, 9.17) is 0 Å². The van der Waals surface area contributed by atoms with Gasteiger partial charge in [0.05, 0.1) is 0 Å². The Hall–Kier alpha value is -1.18. The minimum atomic E-state index is 0.394. The lowest BCUT2D eigenvalue weighted by atomic mass is 9.87. The maximum absolute atomic E-state index is 9.64. The first-order chi connectivity index (χ1) is 8.06. The molecule has 1 saturated carbocycles. The van der Waals surface area contributed by atoms with Gasteiger partial charge in [-0.2, -0.15) is 0 Å². The van der Waals surface area contributed by atoms with Crippen LogP contribution >= 0.6 is 0 Å². The third-order valence-electron chi connectivity index (χ3n) is 3.84. The predicted molar refractivity (Wildman–Crippen MR) is 72.6 cm³/mol. The van der Waals surface area contributed by atoms with Gasteiger partial charge >= 0.3 is 0 Å². The Kier molecular flexibility index (Phi) is 3.60. The molecule has 1 aliphatic carbocycles. The summed E-state index contributed by atoms with van der Waals surface area (Å²) in [6.07, 6.45) is 5.23. The molecular weight excluding hydrogens is 210 g/mol. The molecule has 0 amide bonds. The second-order valence-electron chi connectivity index (χ2n) is 5.57. The van der Waals surface area contributed by atoms with Gasteiger partial charge in [0.15, 0.2) is 0 Å². The Labute approximate surface area is 104 Å². The van der Waals surface area contributed by atoms with Crippen LogP contribution in [0.2, 0.25) is 0 Å². The van der Waals surface area contributed by atoms with Gasteiger partial charge in [-0.1, -0.05) is 19.8 Å². The molecule has 0 aromatic heterocycles. The highest BCUT2D eigenvalue weighted by atomic mass is 16.3. The molecule has 0 bridgehead atoms. The number of rotatable bonds is 2. The molecule has 1 aromatic carbocycles. The number of phenols is 1. The summed E-state index contributed by atoms with van der Waals surface area (Å²) < 4.78 is 0. The van der Waals surface area contributed by atoms with Crippen molar-refractivity contribution in [2.75, 3.05) is 5.32 Å². The molecule has 2 N–H and O–H groups in total. The number of hydrogen-bond acceptors (Lipinski definition) is 2. The van der Waals surface area contributed by atoms with E-state index in [1.165, 1.54) is 31.4 Å². The van der Waals surface area contributed by atoms with Crippen molar-refractivity contribution in [3.63, 3.8) is 0 Å². The molecule has 0 spiro atoms. The predicted octanol–water partition coefficient (Wildman–Crippen LogP) is 4.00. The molecular formula is C15H23NO. The van der Waals surface area contributed by atoms with E-state index in [9.17, 15) is 5.11 Å². The summed E-state index contributed by atoms with van der Waals surface area (Å²) >= 11 is 0. The SMILES string of the molecule is Cc1cc(NC2CCCC(C)C2)c(C)cc1O. The maximum atomic E-state index is 9.64. The van der Waals surface area contributed by atoms with Crippen LogP contribution in [0.25, 0.3) is 0 Å². The Balaban J connectivity index is 2.10. The van der Waals surface area contributed by atoms with Crippen molar-refractivity contribution in [2.45, 2.75) is 52.5 Å². The Morgan fingerprint density at radius 3 is 2.65 bits per heavy atom. The van der Waals surface area contributed by atoms with Crippen LogP contribution in [-0.2, 0) is 0 Å². The molecule has 2 heteroatoms. The van der Waals surface area contributed by atoms with Crippen LogP contribution in [0.1, 0.15) is 43.7 Å². The van der Waals surface area contributed by atoms with Gasteiger partial charge in [-0.3, -0.25) is 0 Å². The average Bonchev–Trinajstić information content (AvgIpc) is 2.26. The smallest absolute Gasteiger partial charge is 0.118 e. The number of aromatic hydroxyl groups is 1. The molecule has 1 fully saturated rings. The maximum Gasteiger partial charge on any atom is 0.118 e. The molecule has 0 heterocycles. The summed E-state index contributed by atoms with van der Waals surface area (Å²) in [7, 11) is 0. The van der Waals surface area contributed by atoms with E-state index in [1.54, 1.807) is 0 Å². The molecule has 2 atom stereocenters. The first kappa shape index (κ1) is 12.3. The summed E-state index contributed by atoms with van der Waals surface area (Å²) in [5.74, 6) is 1.23. The van der Waals surface area contributed by atoms with Crippen molar-refractivity contribution < 1.29 is 5.11 Å².